The number of carbonyl (C=O) groups excluding carboxylic acids is 1. The molecular weight excluding hydrogens is 326 g/mol. The quantitative estimate of drug-likeness (QED) is 0.565. The van der Waals surface area contributed by atoms with Gasteiger partial charge in [-0.1, -0.05) is 42.0 Å². The minimum absolute atomic E-state index is 0.0153. The molecule has 3 rings (SSSR count). The molecule has 26 heavy (non-hydrogen) atoms. The number of unbranched alkanes of at least 4 members (excludes halogenated alkanes) is 1. The van der Waals surface area contributed by atoms with Crippen LogP contribution in [0.25, 0.3) is 0 Å². The van der Waals surface area contributed by atoms with Crippen molar-refractivity contribution in [2.24, 2.45) is 0 Å². The third kappa shape index (κ3) is 5.10. The fourth-order valence-corrected chi connectivity index (χ4v) is 3.80. The summed E-state index contributed by atoms with van der Waals surface area (Å²) in [7, 11) is 0. The molecule has 0 aromatic heterocycles. The van der Waals surface area contributed by atoms with Crippen molar-refractivity contribution in [3.63, 3.8) is 0 Å². The van der Waals surface area contributed by atoms with Crippen LogP contribution in [0, 0.1) is 0 Å². The molecular formula is C22H31NO3. The Morgan fingerprint density at radius 3 is 2.58 bits per heavy atom. The van der Waals surface area contributed by atoms with E-state index in [0.29, 0.717) is 13.2 Å². The average molecular weight is 357 g/mol. The molecule has 2 heterocycles. The van der Waals surface area contributed by atoms with Crippen LogP contribution in [0.5, 0.6) is 0 Å². The highest BCUT2D eigenvalue weighted by Crippen LogP contribution is 2.31. The number of fused-ring (bicyclic) bond motifs is 2. The summed E-state index contributed by atoms with van der Waals surface area (Å²) < 4.78 is 11.3. The zero-order chi connectivity index (χ0) is 18.6. The average Bonchev–Trinajstić information content (AvgIpc) is 2.57. The number of rotatable bonds is 5. The van der Waals surface area contributed by atoms with E-state index in [2.05, 4.69) is 36.4 Å². The van der Waals surface area contributed by atoms with Gasteiger partial charge in [0.2, 0.25) is 0 Å². The van der Waals surface area contributed by atoms with Crippen LogP contribution in [0.4, 0.5) is 4.79 Å². The topological polar surface area (TPSA) is 38.8 Å². The van der Waals surface area contributed by atoms with Crippen LogP contribution >= 0.6 is 0 Å². The summed E-state index contributed by atoms with van der Waals surface area (Å²) in [6, 6.07) is 10.8. The molecule has 0 radical (unpaired) electrons. The third-order valence-electron chi connectivity index (χ3n) is 4.94. The maximum atomic E-state index is 12.6. The lowest BCUT2D eigenvalue weighted by Gasteiger charge is -2.44. The van der Waals surface area contributed by atoms with Crippen molar-refractivity contribution in [3.8, 4) is 0 Å². The Labute approximate surface area is 157 Å². The molecule has 1 amide bonds. The van der Waals surface area contributed by atoms with Crippen LogP contribution in [0.1, 0.15) is 52.0 Å². The number of aryl methyl sites for hydroxylation is 1. The molecule has 142 valence electrons. The number of amides is 1. The predicted octanol–water partition coefficient (Wildman–Crippen LogP) is 4.73. The monoisotopic (exact) mass is 357 g/mol. The molecule has 2 aliphatic heterocycles. The smallest absolute Gasteiger partial charge is 0.411 e. The number of hydrogen-bond donors (Lipinski definition) is 0. The first-order valence-electron chi connectivity index (χ1n) is 9.75. The molecule has 0 N–H and O–H groups in total. The molecule has 2 atom stereocenters. The van der Waals surface area contributed by atoms with Crippen molar-refractivity contribution in [2.45, 2.75) is 70.6 Å². The summed E-state index contributed by atoms with van der Waals surface area (Å²) in [5, 5.41) is 0. The van der Waals surface area contributed by atoms with Crippen LogP contribution in [-0.4, -0.2) is 41.9 Å². The number of ether oxygens (including phenoxy) is 2. The van der Waals surface area contributed by atoms with Crippen LogP contribution in [0.3, 0.4) is 0 Å². The SMILES string of the molecule is CC(C)(C)OC(=O)N1C2C=C(CCCCc3ccccc3)CC1COC2. The normalized spacial score (nSPS) is 22.7. The highest BCUT2D eigenvalue weighted by Gasteiger charge is 2.39. The lowest BCUT2D eigenvalue weighted by atomic mass is 9.91. The molecule has 2 aliphatic rings. The van der Waals surface area contributed by atoms with E-state index >= 15 is 0 Å². The van der Waals surface area contributed by atoms with Gasteiger partial charge in [0, 0.05) is 0 Å². The molecule has 4 nitrogen and oxygen atoms in total. The Bertz CT molecular complexity index is 633. The van der Waals surface area contributed by atoms with Gasteiger partial charge in [-0.05, 0) is 58.4 Å². The van der Waals surface area contributed by atoms with Gasteiger partial charge >= 0.3 is 6.09 Å². The minimum Gasteiger partial charge on any atom is -0.444 e. The van der Waals surface area contributed by atoms with Crippen molar-refractivity contribution in [1.29, 1.82) is 0 Å². The van der Waals surface area contributed by atoms with Gasteiger partial charge in [0.1, 0.15) is 5.60 Å². The number of benzene rings is 1. The zero-order valence-corrected chi connectivity index (χ0v) is 16.2. The van der Waals surface area contributed by atoms with Crippen molar-refractivity contribution in [3.05, 3.63) is 47.5 Å². The van der Waals surface area contributed by atoms with Crippen molar-refractivity contribution in [2.75, 3.05) is 13.2 Å². The third-order valence-corrected chi connectivity index (χ3v) is 4.94. The lowest BCUT2D eigenvalue weighted by Crippen LogP contribution is -2.57. The molecule has 1 fully saturated rings. The van der Waals surface area contributed by atoms with Crippen LogP contribution in [-0.2, 0) is 15.9 Å². The number of hydrogen-bond acceptors (Lipinski definition) is 3. The Balaban J connectivity index is 1.53. The van der Waals surface area contributed by atoms with E-state index in [1.54, 1.807) is 0 Å². The zero-order valence-electron chi connectivity index (χ0n) is 16.2. The second kappa shape index (κ2) is 8.26. The molecule has 1 aromatic carbocycles. The lowest BCUT2D eigenvalue weighted by molar-refractivity contribution is -0.0538. The van der Waals surface area contributed by atoms with Gasteiger partial charge in [-0.25, -0.2) is 4.79 Å². The maximum Gasteiger partial charge on any atom is 0.411 e. The summed E-state index contributed by atoms with van der Waals surface area (Å²) in [4.78, 5) is 14.5. The van der Waals surface area contributed by atoms with Gasteiger partial charge in [-0.3, -0.25) is 4.90 Å². The molecule has 1 aromatic rings. The fourth-order valence-electron chi connectivity index (χ4n) is 3.80. The predicted molar refractivity (Wildman–Crippen MR) is 103 cm³/mol. The van der Waals surface area contributed by atoms with Crippen molar-refractivity contribution < 1.29 is 14.3 Å². The van der Waals surface area contributed by atoms with Gasteiger partial charge in [0.05, 0.1) is 25.3 Å². The van der Waals surface area contributed by atoms with Crippen LogP contribution < -0.4 is 0 Å². The Kier molecular flexibility index (Phi) is 6.02. The summed E-state index contributed by atoms with van der Waals surface area (Å²) in [5.74, 6) is 0. The van der Waals surface area contributed by atoms with E-state index in [1.165, 1.54) is 24.0 Å². The Morgan fingerprint density at radius 1 is 1.15 bits per heavy atom. The van der Waals surface area contributed by atoms with Gasteiger partial charge in [0.25, 0.3) is 0 Å². The van der Waals surface area contributed by atoms with E-state index in [4.69, 9.17) is 9.47 Å². The first kappa shape index (κ1) is 19.0. The van der Waals surface area contributed by atoms with Gasteiger partial charge in [-0.15, -0.1) is 0 Å². The number of nitrogens with zero attached hydrogens (tertiary/aromatic N) is 1. The number of carbonyl (C=O) groups is 1. The first-order valence-corrected chi connectivity index (χ1v) is 9.75. The Hall–Kier alpha value is -1.81. The van der Waals surface area contributed by atoms with E-state index in [1.807, 2.05) is 25.7 Å². The van der Waals surface area contributed by atoms with Crippen molar-refractivity contribution in [1.82, 2.24) is 4.90 Å². The van der Waals surface area contributed by atoms with Crippen LogP contribution in [0.2, 0.25) is 0 Å². The summed E-state index contributed by atoms with van der Waals surface area (Å²) >= 11 is 0. The fraction of sp³-hybridized carbons (Fsp3) is 0.591. The van der Waals surface area contributed by atoms with E-state index < -0.39 is 5.60 Å². The standard InChI is InChI=1S/C22H31NO3/c1-22(2,3)26-21(24)23-19-13-18(14-20(23)16-25-15-19)12-8-7-11-17-9-5-4-6-10-17/h4-6,9-10,13,19-20H,7-8,11-12,14-16H2,1-3H3. The minimum atomic E-state index is -0.465. The Morgan fingerprint density at radius 2 is 1.88 bits per heavy atom. The second-order valence-electron chi connectivity index (χ2n) is 8.37. The van der Waals surface area contributed by atoms with Crippen LogP contribution in [0.15, 0.2) is 42.0 Å². The first-order chi connectivity index (χ1) is 12.4. The van der Waals surface area contributed by atoms with Crippen molar-refractivity contribution >= 4 is 6.09 Å². The summed E-state index contributed by atoms with van der Waals surface area (Å²) in [6.07, 6.45) is 7.56. The largest absolute Gasteiger partial charge is 0.444 e. The van der Waals surface area contributed by atoms with Gasteiger partial charge < -0.3 is 9.47 Å². The highest BCUT2D eigenvalue weighted by atomic mass is 16.6. The molecule has 2 unspecified atom stereocenters. The highest BCUT2D eigenvalue weighted by molar-refractivity contribution is 5.70. The van der Waals surface area contributed by atoms with Gasteiger partial charge in [-0.2, -0.15) is 0 Å². The molecule has 0 saturated carbocycles. The van der Waals surface area contributed by atoms with E-state index in [-0.39, 0.29) is 18.2 Å². The molecule has 1 saturated heterocycles. The maximum absolute atomic E-state index is 12.6. The molecule has 2 bridgehead atoms. The number of morpholine rings is 1. The van der Waals surface area contributed by atoms with Gasteiger partial charge in [0.15, 0.2) is 0 Å². The summed E-state index contributed by atoms with van der Waals surface area (Å²) in [6.45, 7) is 6.92. The molecule has 4 heteroatoms. The molecule has 0 aliphatic carbocycles. The van der Waals surface area contributed by atoms with E-state index in [0.717, 1.165) is 19.3 Å². The second-order valence-corrected chi connectivity index (χ2v) is 8.37. The van der Waals surface area contributed by atoms with E-state index in [9.17, 15) is 4.79 Å². The molecule has 0 spiro atoms. The summed E-state index contributed by atoms with van der Waals surface area (Å²) in [5.41, 5.74) is 2.41.